The third-order valence-electron chi connectivity index (χ3n) is 4.60. The van der Waals surface area contributed by atoms with Crippen LogP contribution in [0.25, 0.3) is 0 Å². The molecule has 0 radical (unpaired) electrons. The monoisotopic (exact) mass is 374 g/mol. The van der Waals surface area contributed by atoms with E-state index in [2.05, 4.69) is 5.32 Å². The van der Waals surface area contributed by atoms with Gasteiger partial charge in [0.15, 0.2) is 18.4 Å². The topological polar surface area (TPSA) is 118 Å². The Morgan fingerprint density at radius 2 is 2.15 bits per heavy atom. The second-order valence-electron chi connectivity index (χ2n) is 7.29. The van der Waals surface area contributed by atoms with Gasteiger partial charge in [0.05, 0.1) is 0 Å². The molecule has 26 heavy (non-hydrogen) atoms. The van der Waals surface area contributed by atoms with Gasteiger partial charge in [0, 0.05) is 18.5 Å². The van der Waals surface area contributed by atoms with Crippen molar-refractivity contribution in [3.63, 3.8) is 0 Å². The van der Waals surface area contributed by atoms with Gasteiger partial charge in [-0.2, -0.15) is 0 Å². The molecular formula is C16H26N2O8. The van der Waals surface area contributed by atoms with Crippen molar-refractivity contribution in [2.24, 2.45) is 0 Å². The van der Waals surface area contributed by atoms with Crippen LogP contribution in [0.15, 0.2) is 0 Å². The summed E-state index contributed by atoms with van der Waals surface area (Å²) < 4.78 is 29.3. The molecule has 10 heteroatoms. The molecule has 6 atom stereocenters. The summed E-state index contributed by atoms with van der Waals surface area (Å²) in [6.45, 7) is 4.95. The Morgan fingerprint density at radius 1 is 1.38 bits per heavy atom. The molecule has 3 fully saturated rings. The first-order valence-corrected chi connectivity index (χ1v) is 8.92. The molecule has 0 aromatic rings. The van der Waals surface area contributed by atoms with E-state index in [1.807, 2.05) is 0 Å². The summed E-state index contributed by atoms with van der Waals surface area (Å²) in [7, 11) is 0. The second kappa shape index (κ2) is 7.73. The van der Waals surface area contributed by atoms with Gasteiger partial charge in [0.25, 0.3) is 0 Å². The molecule has 0 aromatic heterocycles. The minimum Gasteiger partial charge on any atom is -0.353 e. The van der Waals surface area contributed by atoms with E-state index in [9.17, 15) is 14.9 Å². The van der Waals surface area contributed by atoms with Crippen molar-refractivity contribution in [3.8, 4) is 0 Å². The van der Waals surface area contributed by atoms with Gasteiger partial charge in [0.1, 0.15) is 24.4 Å². The summed E-state index contributed by atoms with van der Waals surface area (Å²) in [4.78, 5) is 22.1. The van der Waals surface area contributed by atoms with Crippen molar-refractivity contribution in [2.75, 3.05) is 13.2 Å². The average molecular weight is 374 g/mol. The number of hydrogen-bond acceptors (Lipinski definition) is 8. The van der Waals surface area contributed by atoms with Crippen molar-refractivity contribution >= 4 is 5.91 Å². The summed E-state index contributed by atoms with van der Waals surface area (Å²) in [5.41, 5.74) is 0. The number of nitro groups is 1. The Hall–Kier alpha value is -1.33. The van der Waals surface area contributed by atoms with Gasteiger partial charge in [0.2, 0.25) is 12.5 Å². The van der Waals surface area contributed by atoms with Crippen LogP contribution < -0.4 is 5.32 Å². The molecule has 1 amide bonds. The maximum Gasteiger partial charge on any atom is 0.226 e. The summed E-state index contributed by atoms with van der Waals surface area (Å²) in [5, 5.41) is 13.7. The molecule has 1 N–H and O–H groups in total. The van der Waals surface area contributed by atoms with Crippen LogP contribution in [0.1, 0.15) is 40.0 Å². The minimum atomic E-state index is -0.864. The van der Waals surface area contributed by atoms with Gasteiger partial charge in [-0.1, -0.05) is 0 Å². The van der Waals surface area contributed by atoms with Crippen LogP contribution in [-0.2, 0) is 28.5 Å². The molecule has 0 saturated carbocycles. The highest BCUT2D eigenvalue weighted by Crippen LogP contribution is 2.40. The van der Waals surface area contributed by atoms with Gasteiger partial charge < -0.3 is 29.0 Å². The number of nitrogens with zero attached hydrogens (tertiary/aromatic N) is 1. The van der Waals surface area contributed by atoms with Crippen LogP contribution in [0.5, 0.6) is 0 Å². The number of hydrogen-bond donors (Lipinski definition) is 1. The molecule has 0 aromatic carbocycles. The first-order valence-electron chi connectivity index (χ1n) is 8.92. The molecule has 3 saturated heterocycles. The lowest BCUT2D eigenvalue weighted by Gasteiger charge is -2.33. The number of carbonyl (C=O) groups excluding carboxylic acids is 1. The average Bonchev–Trinajstić information content (AvgIpc) is 3.00. The largest absolute Gasteiger partial charge is 0.353 e. The molecule has 148 valence electrons. The maximum atomic E-state index is 11.5. The van der Waals surface area contributed by atoms with Gasteiger partial charge in [-0.05, 0) is 33.1 Å². The first kappa shape index (κ1) is 19.4. The molecule has 1 unspecified atom stereocenters. The molecule has 3 aliphatic heterocycles. The van der Waals surface area contributed by atoms with Crippen molar-refractivity contribution in [2.45, 2.75) is 82.8 Å². The third kappa shape index (κ3) is 4.49. The van der Waals surface area contributed by atoms with Crippen LogP contribution in [0, 0.1) is 10.1 Å². The maximum absolute atomic E-state index is 11.5. The Bertz CT molecular complexity index is 520. The van der Waals surface area contributed by atoms with Gasteiger partial charge in [-0.3, -0.25) is 14.9 Å². The smallest absolute Gasteiger partial charge is 0.226 e. The normalized spacial score (nSPS) is 37.1. The van der Waals surface area contributed by atoms with E-state index in [4.69, 9.17) is 23.7 Å². The van der Waals surface area contributed by atoms with E-state index >= 15 is 0 Å². The first-order chi connectivity index (χ1) is 12.2. The Balaban J connectivity index is 1.79. The van der Waals surface area contributed by atoms with Crippen molar-refractivity contribution in [1.82, 2.24) is 5.32 Å². The highest BCUT2D eigenvalue weighted by molar-refractivity contribution is 5.73. The van der Waals surface area contributed by atoms with Crippen LogP contribution >= 0.6 is 0 Å². The molecule has 3 heterocycles. The predicted octanol–water partition coefficient (Wildman–Crippen LogP) is 0.556. The molecule has 3 rings (SSSR count). The van der Waals surface area contributed by atoms with Gasteiger partial charge in [-0.15, -0.1) is 0 Å². The van der Waals surface area contributed by atoms with Crippen molar-refractivity contribution in [3.05, 3.63) is 10.1 Å². The van der Waals surface area contributed by atoms with E-state index in [1.54, 1.807) is 13.8 Å². The van der Waals surface area contributed by atoms with E-state index < -0.39 is 54.2 Å². The zero-order valence-electron chi connectivity index (χ0n) is 15.2. The van der Waals surface area contributed by atoms with E-state index in [1.165, 1.54) is 6.92 Å². The Kier molecular flexibility index (Phi) is 5.78. The third-order valence-corrected chi connectivity index (χ3v) is 4.60. The summed E-state index contributed by atoms with van der Waals surface area (Å²) >= 11 is 0. The molecular weight excluding hydrogens is 348 g/mol. The lowest BCUT2D eigenvalue weighted by molar-refractivity contribution is -0.486. The summed E-state index contributed by atoms with van der Waals surface area (Å²) in [6, 6.07) is -0.864. The Labute approximate surface area is 151 Å². The molecule has 0 aliphatic carbocycles. The van der Waals surface area contributed by atoms with Crippen LogP contribution in [0.4, 0.5) is 0 Å². The minimum absolute atomic E-state index is 0.382. The fourth-order valence-corrected chi connectivity index (χ4v) is 3.63. The molecule has 10 nitrogen and oxygen atoms in total. The zero-order valence-corrected chi connectivity index (χ0v) is 15.2. The lowest BCUT2D eigenvalue weighted by atomic mass is 10.0. The standard InChI is InChI=1S/C16H26N2O8/c1-9(19)17-10(8-18(20)21)12-13(23-11-6-4-5-7-22-11)14-15(24-12)26-16(2,3)25-14/h10-15H,4-8H2,1-3H3,(H,17,19)/t10-,11?,12-,13+,14-,15-/m1/s1. The van der Waals surface area contributed by atoms with E-state index in [0.717, 1.165) is 19.3 Å². The number of amides is 1. The quantitative estimate of drug-likeness (QED) is 0.529. The van der Waals surface area contributed by atoms with Crippen molar-refractivity contribution < 1.29 is 33.4 Å². The SMILES string of the molecule is CC(=O)N[C@H](C[N+](=O)[O-])[C@H]1O[C@@H]2OC(C)(C)O[C@@H]2[C@H]1OC1CCCCO1. The highest BCUT2D eigenvalue weighted by Gasteiger charge is 2.58. The van der Waals surface area contributed by atoms with E-state index in [-0.39, 0.29) is 5.91 Å². The molecule has 0 bridgehead atoms. The molecule has 0 spiro atoms. The lowest BCUT2D eigenvalue weighted by Crippen LogP contribution is -2.54. The van der Waals surface area contributed by atoms with Gasteiger partial charge >= 0.3 is 0 Å². The van der Waals surface area contributed by atoms with Crippen molar-refractivity contribution in [1.29, 1.82) is 0 Å². The second-order valence-corrected chi connectivity index (χ2v) is 7.29. The number of carbonyl (C=O) groups is 1. The zero-order chi connectivity index (χ0) is 18.9. The highest BCUT2D eigenvalue weighted by atomic mass is 16.8. The number of nitrogens with one attached hydrogen (secondary N) is 1. The number of fused-ring (bicyclic) bond motifs is 1. The van der Waals surface area contributed by atoms with Crippen LogP contribution in [0.3, 0.4) is 0 Å². The van der Waals surface area contributed by atoms with Gasteiger partial charge in [-0.25, -0.2) is 0 Å². The fourth-order valence-electron chi connectivity index (χ4n) is 3.63. The van der Waals surface area contributed by atoms with Crippen LogP contribution in [0.2, 0.25) is 0 Å². The fraction of sp³-hybridized carbons (Fsp3) is 0.938. The summed E-state index contributed by atoms with van der Waals surface area (Å²) in [6.07, 6.45) is -0.453. The Morgan fingerprint density at radius 3 is 2.77 bits per heavy atom. The number of ether oxygens (including phenoxy) is 5. The predicted molar refractivity (Wildman–Crippen MR) is 86.6 cm³/mol. The molecule has 3 aliphatic rings. The van der Waals surface area contributed by atoms with Crippen LogP contribution in [-0.4, -0.2) is 66.7 Å². The number of rotatable bonds is 6. The summed E-state index contributed by atoms with van der Waals surface area (Å²) in [5.74, 6) is -1.23. The van der Waals surface area contributed by atoms with E-state index in [0.29, 0.717) is 6.61 Å².